The Labute approximate surface area is 149 Å². The minimum absolute atomic E-state index is 0.451. The van der Waals surface area contributed by atoms with Gasteiger partial charge in [-0.1, -0.05) is 145 Å². The van der Waals surface area contributed by atoms with E-state index in [2.05, 4.69) is 74.7 Å². The molecular weight excluding hydrogens is 549 g/mol. The van der Waals surface area contributed by atoms with Crippen LogP contribution in [0.2, 0.25) is 0 Å². The van der Waals surface area contributed by atoms with Crippen LogP contribution >= 0.6 is 67.8 Å². The Kier molecular flexibility index (Phi) is 14.9. The van der Waals surface area contributed by atoms with Crippen LogP contribution in [0.3, 0.4) is 0 Å². The van der Waals surface area contributed by atoms with Crippen molar-refractivity contribution in [2.24, 2.45) is 0 Å². The van der Waals surface area contributed by atoms with Crippen molar-refractivity contribution in [3.63, 3.8) is 0 Å². The molecule has 3 heteroatoms. The van der Waals surface area contributed by atoms with E-state index in [-0.39, 0.29) is 0 Å². The van der Waals surface area contributed by atoms with Gasteiger partial charge in [0.1, 0.15) is -0.565 Å². The third-order valence-corrected chi connectivity index (χ3v) is 4.68. The highest BCUT2D eigenvalue weighted by Gasteiger charge is 2.15. The Hall–Kier alpha value is 2.19. The molecule has 0 spiro atoms. The summed E-state index contributed by atoms with van der Waals surface area (Å²) in [7, 11) is 0. The van der Waals surface area contributed by atoms with Gasteiger partial charge in [-0.05, 0) is 6.42 Å². The second-order valence-corrected chi connectivity index (χ2v) is 16.6. The summed E-state index contributed by atoms with van der Waals surface area (Å²) < 4.78 is 0.451. The maximum absolute atomic E-state index is 2.54. The fraction of sp³-hybridized carbons (Fsp3) is 1.00. The molecule has 0 heterocycles. The summed E-state index contributed by atoms with van der Waals surface area (Å²) in [6.45, 7) is 2.29. The third kappa shape index (κ3) is 18.2. The standard InChI is InChI=1S/C14H27I3/c1-2-3-4-5-6-7-8-9-10-11-12-13-14(15,16)17/h2-13H2,1H3. The van der Waals surface area contributed by atoms with Crippen molar-refractivity contribution in [1.29, 1.82) is 0 Å². The number of unbranched alkanes of at least 4 members (excludes halogenated alkanes) is 10. The second-order valence-electron chi connectivity index (χ2n) is 4.90. The van der Waals surface area contributed by atoms with Gasteiger partial charge in [0.25, 0.3) is 0 Å². The lowest BCUT2D eigenvalue weighted by Crippen LogP contribution is -1.97. The quantitative estimate of drug-likeness (QED) is 0.127. The molecule has 0 amide bonds. The molecule has 0 atom stereocenters. The lowest BCUT2D eigenvalue weighted by Gasteiger charge is -2.11. The topological polar surface area (TPSA) is 0 Å². The molecule has 0 N–H and O–H groups in total. The zero-order chi connectivity index (χ0) is 13.0. The van der Waals surface area contributed by atoms with Gasteiger partial charge >= 0.3 is 0 Å². The van der Waals surface area contributed by atoms with E-state index in [1.54, 1.807) is 0 Å². The zero-order valence-electron chi connectivity index (χ0n) is 11.1. The molecule has 0 saturated carbocycles. The lowest BCUT2D eigenvalue weighted by atomic mass is 10.1. The van der Waals surface area contributed by atoms with Gasteiger partial charge in [-0.15, -0.1) is 0 Å². The van der Waals surface area contributed by atoms with Crippen LogP contribution in [0, 0.1) is 0 Å². The van der Waals surface area contributed by atoms with Crippen LogP contribution in [-0.2, 0) is 0 Å². The molecule has 0 nitrogen and oxygen atoms in total. The maximum atomic E-state index is 2.54. The molecule has 0 aromatic carbocycles. The van der Waals surface area contributed by atoms with Gasteiger partial charge in [0.15, 0.2) is 0 Å². The van der Waals surface area contributed by atoms with E-state index in [1.807, 2.05) is 0 Å². The van der Waals surface area contributed by atoms with E-state index in [9.17, 15) is 0 Å². The Balaban J connectivity index is 2.99. The van der Waals surface area contributed by atoms with Crippen molar-refractivity contribution in [3.05, 3.63) is 0 Å². The van der Waals surface area contributed by atoms with Gasteiger partial charge in [-0.2, -0.15) is 0 Å². The first-order valence-corrected chi connectivity index (χ1v) is 10.4. The van der Waals surface area contributed by atoms with Gasteiger partial charge in [-0.25, -0.2) is 0 Å². The number of alkyl halides is 3. The summed E-state index contributed by atoms with van der Waals surface area (Å²) in [5.41, 5.74) is 0. The van der Waals surface area contributed by atoms with Gasteiger partial charge in [0, 0.05) is 0 Å². The normalized spacial score (nSPS) is 12.0. The van der Waals surface area contributed by atoms with Gasteiger partial charge in [0.2, 0.25) is 0 Å². The summed E-state index contributed by atoms with van der Waals surface area (Å²) in [5, 5.41) is 0. The zero-order valence-corrected chi connectivity index (χ0v) is 17.6. The molecule has 0 unspecified atom stereocenters. The molecule has 0 radical (unpaired) electrons. The molecule has 0 bridgehead atoms. The van der Waals surface area contributed by atoms with Crippen LogP contribution in [0.5, 0.6) is 0 Å². The molecule has 0 aliphatic heterocycles. The van der Waals surface area contributed by atoms with Crippen molar-refractivity contribution >= 4 is 67.8 Å². The summed E-state index contributed by atoms with van der Waals surface area (Å²) >= 11 is 7.62. The maximum Gasteiger partial charge on any atom is 0.124 e. The molecule has 0 aromatic rings. The molecule has 0 aliphatic carbocycles. The predicted octanol–water partition coefficient (Wildman–Crippen LogP) is 7.65. The van der Waals surface area contributed by atoms with E-state index in [0.717, 1.165) is 0 Å². The monoisotopic (exact) mass is 576 g/mol. The molecule has 0 aromatic heterocycles. The Morgan fingerprint density at radius 1 is 0.588 bits per heavy atom. The molecule has 0 fully saturated rings. The fourth-order valence-corrected chi connectivity index (χ4v) is 3.13. The van der Waals surface area contributed by atoms with E-state index < -0.39 is 0 Å². The number of hydrogen-bond acceptors (Lipinski definition) is 0. The molecule has 0 rings (SSSR count). The summed E-state index contributed by atoms with van der Waals surface area (Å²) in [6.07, 6.45) is 17.3. The van der Waals surface area contributed by atoms with Crippen LogP contribution in [-0.4, -0.2) is -0.565 Å². The van der Waals surface area contributed by atoms with Crippen LogP contribution in [0.25, 0.3) is 0 Å². The molecule has 17 heavy (non-hydrogen) atoms. The summed E-state index contributed by atoms with van der Waals surface area (Å²) in [6, 6.07) is 0. The van der Waals surface area contributed by atoms with Crippen molar-refractivity contribution < 1.29 is 0 Å². The largest absolute Gasteiger partial charge is 0.124 e. The van der Waals surface area contributed by atoms with E-state index in [1.165, 1.54) is 77.0 Å². The van der Waals surface area contributed by atoms with E-state index >= 15 is 0 Å². The summed E-state index contributed by atoms with van der Waals surface area (Å²) in [5.74, 6) is 0. The third-order valence-electron chi connectivity index (χ3n) is 3.06. The Morgan fingerprint density at radius 2 is 0.941 bits per heavy atom. The first kappa shape index (κ1) is 19.2. The first-order valence-electron chi connectivity index (χ1n) is 7.13. The van der Waals surface area contributed by atoms with Crippen LogP contribution in [0.1, 0.15) is 84.0 Å². The lowest BCUT2D eigenvalue weighted by molar-refractivity contribution is 0.548. The first-order chi connectivity index (χ1) is 8.06. The van der Waals surface area contributed by atoms with Crippen LogP contribution < -0.4 is 0 Å². The number of hydrogen-bond donors (Lipinski definition) is 0. The van der Waals surface area contributed by atoms with Crippen LogP contribution in [0.4, 0.5) is 0 Å². The SMILES string of the molecule is CCCCCCCCCCCCCC(I)(I)I. The summed E-state index contributed by atoms with van der Waals surface area (Å²) in [4.78, 5) is 0. The fourth-order valence-electron chi connectivity index (χ4n) is 1.99. The van der Waals surface area contributed by atoms with E-state index in [0.29, 0.717) is -0.565 Å². The average Bonchev–Trinajstić information content (AvgIpc) is 2.24. The highest BCUT2D eigenvalue weighted by atomic mass is 127. The molecule has 0 saturated heterocycles. The number of halogens is 3. The molecule has 0 aliphatic rings. The molecular formula is C14H27I3. The highest BCUT2D eigenvalue weighted by molar-refractivity contribution is 14.3. The predicted molar refractivity (Wildman–Crippen MR) is 106 cm³/mol. The number of rotatable bonds is 12. The second kappa shape index (κ2) is 13.2. The van der Waals surface area contributed by atoms with Crippen molar-refractivity contribution in [3.8, 4) is 0 Å². The van der Waals surface area contributed by atoms with E-state index in [4.69, 9.17) is 0 Å². The van der Waals surface area contributed by atoms with Gasteiger partial charge < -0.3 is 0 Å². The minimum Gasteiger partial charge on any atom is -0.0654 e. The smallest absolute Gasteiger partial charge is 0.0654 e. The van der Waals surface area contributed by atoms with Gasteiger partial charge in [-0.3, -0.25) is 0 Å². The highest BCUT2D eigenvalue weighted by Crippen LogP contribution is 2.40. The van der Waals surface area contributed by atoms with Crippen molar-refractivity contribution in [1.82, 2.24) is 0 Å². The minimum atomic E-state index is 0.451. The Morgan fingerprint density at radius 3 is 1.29 bits per heavy atom. The van der Waals surface area contributed by atoms with Crippen molar-refractivity contribution in [2.75, 3.05) is 0 Å². The average molecular weight is 576 g/mol. The van der Waals surface area contributed by atoms with Crippen LogP contribution in [0.15, 0.2) is 0 Å². The Bertz CT molecular complexity index is 152. The van der Waals surface area contributed by atoms with Crippen molar-refractivity contribution in [2.45, 2.75) is 83.4 Å². The van der Waals surface area contributed by atoms with Gasteiger partial charge in [0.05, 0.1) is 0 Å². The molecule has 104 valence electrons.